The molecule has 1 N–H and O–H groups in total. The van der Waals surface area contributed by atoms with Gasteiger partial charge in [0.05, 0.1) is 6.61 Å². The van der Waals surface area contributed by atoms with Crippen molar-refractivity contribution in [3.05, 3.63) is 0 Å². The summed E-state index contributed by atoms with van der Waals surface area (Å²) in [6.45, 7) is 10.2. The zero-order valence-electron chi connectivity index (χ0n) is 12.5. The number of ether oxygens (including phenoxy) is 1. The highest BCUT2D eigenvalue weighted by molar-refractivity contribution is 4.90. The Labute approximate surface area is 113 Å². The van der Waals surface area contributed by atoms with Crippen LogP contribution in [0.15, 0.2) is 0 Å². The Morgan fingerprint density at radius 3 is 2.61 bits per heavy atom. The molecule has 18 heavy (non-hydrogen) atoms. The lowest BCUT2D eigenvalue weighted by Gasteiger charge is -2.39. The summed E-state index contributed by atoms with van der Waals surface area (Å²) in [4.78, 5) is 0. The first-order valence-electron chi connectivity index (χ1n) is 7.91. The summed E-state index contributed by atoms with van der Waals surface area (Å²) in [6.07, 6.45) is 8.07. The van der Waals surface area contributed by atoms with Crippen LogP contribution in [-0.2, 0) is 4.74 Å². The normalized spacial score (nSPS) is 30.7. The van der Waals surface area contributed by atoms with E-state index in [1.165, 1.54) is 45.1 Å². The zero-order chi connectivity index (χ0) is 13.0. The predicted molar refractivity (Wildman–Crippen MR) is 76.7 cm³/mol. The molecule has 2 unspecified atom stereocenters. The van der Waals surface area contributed by atoms with E-state index in [0.29, 0.717) is 5.41 Å². The molecule has 106 valence electrons. The van der Waals surface area contributed by atoms with E-state index in [2.05, 4.69) is 26.1 Å². The molecule has 2 heteroatoms. The van der Waals surface area contributed by atoms with Crippen molar-refractivity contribution >= 4 is 0 Å². The molecule has 0 aromatic carbocycles. The maximum absolute atomic E-state index is 5.80. The van der Waals surface area contributed by atoms with Gasteiger partial charge < -0.3 is 10.1 Å². The molecule has 2 atom stereocenters. The standard InChI is InChI=1S/C16H31NO/c1-13(2)9-14(3)10-16(7-4-8-18-12-16)11-17-15-5-6-15/h13-15,17H,4-12H2,1-3H3. The predicted octanol–water partition coefficient (Wildman–Crippen LogP) is 3.61. The molecule has 0 spiro atoms. The van der Waals surface area contributed by atoms with E-state index in [4.69, 9.17) is 4.74 Å². The molecular formula is C16H31NO. The van der Waals surface area contributed by atoms with E-state index < -0.39 is 0 Å². The first kappa shape index (κ1) is 14.3. The quantitative estimate of drug-likeness (QED) is 0.748. The third kappa shape index (κ3) is 4.55. The zero-order valence-corrected chi connectivity index (χ0v) is 12.5. The average molecular weight is 253 g/mol. The minimum Gasteiger partial charge on any atom is -0.381 e. The highest BCUT2D eigenvalue weighted by atomic mass is 16.5. The summed E-state index contributed by atoms with van der Waals surface area (Å²) in [5, 5.41) is 3.75. The van der Waals surface area contributed by atoms with Crippen molar-refractivity contribution in [2.45, 2.75) is 65.3 Å². The van der Waals surface area contributed by atoms with E-state index in [0.717, 1.165) is 31.1 Å². The molecule has 2 rings (SSSR count). The fourth-order valence-electron chi connectivity index (χ4n) is 3.56. The van der Waals surface area contributed by atoms with E-state index >= 15 is 0 Å². The van der Waals surface area contributed by atoms with E-state index in [1.807, 2.05) is 0 Å². The summed E-state index contributed by atoms with van der Waals surface area (Å²) in [5.41, 5.74) is 0.426. The second-order valence-electron chi connectivity index (χ2n) is 7.25. The molecule has 0 aromatic rings. The molecule has 2 aliphatic rings. The van der Waals surface area contributed by atoms with Crippen LogP contribution in [0, 0.1) is 17.3 Å². The summed E-state index contributed by atoms with van der Waals surface area (Å²) in [6, 6.07) is 0.823. The minimum absolute atomic E-state index is 0.426. The molecule has 1 heterocycles. The van der Waals surface area contributed by atoms with Crippen molar-refractivity contribution in [1.82, 2.24) is 5.32 Å². The van der Waals surface area contributed by atoms with Crippen LogP contribution in [0.25, 0.3) is 0 Å². The fourth-order valence-corrected chi connectivity index (χ4v) is 3.56. The van der Waals surface area contributed by atoms with Crippen molar-refractivity contribution in [2.75, 3.05) is 19.8 Å². The fraction of sp³-hybridized carbons (Fsp3) is 1.00. The lowest BCUT2D eigenvalue weighted by atomic mass is 9.74. The summed E-state index contributed by atoms with van der Waals surface area (Å²) in [5.74, 6) is 1.64. The van der Waals surface area contributed by atoms with Crippen LogP contribution in [0.3, 0.4) is 0 Å². The van der Waals surface area contributed by atoms with Gasteiger partial charge in [-0.25, -0.2) is 0 Å². The highest BCUT2D eigenvalue weighted by Crippen LogP contribution is 2.37. The number of rotatable bonds is 7. The molecule has 1 saturated heterocycles. The van der Waals surface area contributed by atoms with Crippen LogP contribution < -0.4 is 5.32 Å². The summed E-state index contributed by atoms with van der Waals surface area (Å²) >= 11 is 0. The monoisotopic (exact) mass is 253 g/mol. The van der Waals surface area contributed by atoms with Gasteiger partial charge in [0.2, 0.25) is 0 Å². The molecule has 0 amide bonds. The van der Waals surface area contributed by atoms with Crippen molar-refractivity contribution in [3.63, 3.8) is 0 Å². The van der Waals surface area contributed by atoms with Gasteiger partial charge in [-0.1, -0.05) is 20.8 Å². The van der Waals surface area contributed by atoms with Gasteiger partial charge >= 0.3 is 0 Å². The topological polar surface area (TPSA) is 21.3 Å². The van der Waals surface area contributed by atoms with Crippen LogP contribution >= 0.6 is 0 Å². The molecule has 2 nitrogen and oxygen atoms in total. The number of hydrogen-bond acceptors (Lipinski definition) is 2. The third-order valence-electron chi connectivity index (χ3n) is 4.40. The Hall–Kier alpha value is -0.0800. The second-order valence-corrected chi connectivity index (χ2v) is 7.25. The molecule has 1 saturated carbocycles. The molecule has 0 aromatic heterocycles. The lowest BCUT2D eigenvalue weighted by Crippen LogP contribution is -2.43. The Balaban J connectivity index is 1.85. The van der Waals surface area contributed by atoms with Gasteiger partial charge in [0.1, 0.15) is 0 Å². The maximum Gasteiger partial charge on any atom is 0.0534 e. The van der Waals surface area contributed by atoms with Crippen LogP contribution in [0.4, 0.5) is 0 Å². The van der Waals surface area contributed by atoms with Gasteiger partial charge in [-0.2, -0.15) is 0 Å². The SMILES string of the molecule is CC(C)CC(C)CC1(CNC2CC2)CCCOC1. The molecule has 1 aliphatic carbocycles. The molecule has 2 fully saturated rings. The van der Waals surface area contributed by atoms with Gasteiger partial charge in [-0.05, 0) is 50.4 Å². The smallest absolute Gasteiger partial charge is 0.0534 e. The van der Waals surface area contributed by atoms with Crippen LogP contribution in [-0.4, -0.2) is 25.8 Å². The van der Waals surface area contributed by atoms with Crippen molar-refractivity contribution in [2.24, 2.45) is 17.3 Å². The maximum atomic E-state index is 5.80. The molecular weight excluding hydrogens is 222 g/mol. The Kier molecular flexibility index (Phi) is 5.08. The van der Waals surface area contributed by atoms with E-state index in [1.54, 1.807) is 0 Å². The third-order valence-corrected chi connectivity index (χ3v) is 4.40. The van der Waals surface area contributed by atoms with Gasteiger partial charge in [0, 0.05) is 24.6 Å². The Morgan fingerprint density at radius 1 is 1.28 bits per heavy atom. The van der Waals surface area contributed by atoms with E-state index in [9.17, 15) is 0 Å². The van der Waals surface area contributed by atoms with Gasteiger partial charge in [0.25, 0.3) is 0 Å². The Morgan fingerprint density at radius 2 is 2.06 bits per heavy atom. The van der Waals surface area contributed by atoms with Crippen molar-refractivity contribution in [1.29, 1.82) is 0 Å². The number of nitrogens with one attached hydrogen (secondary N) is 1. The summed E-state index contributed by atoms with van der Waals surface area (Å²) in [7, 11) is 0. The lowest BCUT2D eigenvalue weighted by molar-refractivity contribution is -0.0209. The van der Waals surface area contributed by atoms with Crippen molar-refractivity contribution < 1.29 is 4.74 Å². The molecule has 0 radical (unpaired) electrons. The van der Waals surface area contributed by atoms with Crippen molar-refractivity contribution in [3.8, 4) is 0 Å². The van der Waals surface area contributed by atoms with Crippen LogP contribution in [0.5, 0.6) is 0 Å². The first-order valence-corrected chi connectivity index (χ1v) is 7.91. The largest absolute Gasteiger partial charge is 0.381 e. The van der Waals surface area contributed by atoms with Gasteiger partial charge in [-0.3, -0.25) is 0 Å². The number of hydrogen-bond donors (Lipinski definition) is 1. The molecule has 0 bridgehead atoms. The molecule has 1 aliphatic heterocycles. The van der Waals surface area contributed by atoms with Gasteiger partial charge in [0.15, 0.2) is 0 Å². The minimum atomic E-state index is 0.426. The van der Waals surface area contributed by atoms with Crippen LogP contribution in [0.1, 0.15) is 59.3 Å². The van der Waals surface area contributed by atoms with Gasteiger partial charge in [-0.15, -0.1) is 0 Å². The summed E-state index contributed by atoms with van der Waals surface area (Å²) < 4.78 is 5.80. The second kappa shape index (κ2) is 6.38. The van der Waals surface area contributed by atoms with E-state index in [-0.39, 0.29) is 0 Å². The first-order chi connectivity index (χ1) is 8.60. The Bertz CT molecular complexity index is 241. The highest BCUT2D eigenvalue weighted by Gasteiger charge is 2.36. The average Bonchev–Trinajstić information content (AvgIpc) is 3.10. The van der Waals surface area contributed by atoms with Crippen LogP contribution in [0.2, 0.25) is 0 Å².